The van der Waals surface area contributed by atoms with Crippen molar-refractivity contribution in [3.8, 4) is 11.4 Å². The summed E-state index contributed by atoms with van der Waals surface area (Å²) in [6, 6.07) is 5.11. The smallest absolute Gasteiger partial charge is 0.260 e. The van der Waals surface area contributed by atoms with E-state index in [1.54, 1.807) is 24.4 Å². The first-order valence-corrected chi connectivity index (χ1v) is 5.63. The van der Waals surface area contributed by atoms with E-state index in [0.717, 1.165) is 0 Å². The molecule has 0 saturated carbocycles. The summed E-state index contributed by atoms with van der Waals surface area (Å²) in [6.45, 7) is 0. The summed E-state index contributed by atoms with van der Waals surface area (Å²) in [5, 5.41) is 0.471. The fraction of sp³-hybridized carbons (Fsp3) is 0. The summed E-state index contributed by atoms with van der Waals surface area (Å²) in [6.07, 6.45) is 3.11. The van der Waals surface area contributed by atoms with Crippen molar-refractivity contribution in [2.45, 2.75) is 0 Å². The largest absolute Gasteiger partial charge is 0.457 e. The molecule has 3 aromatic rings. The van der Waals surface area contributed by atoms with Gasteiger partial charge in [-0.25, -0.2) is 9.97 Å². The third-order valence-corrected chi connectivity index (χ3v) is 2.74. The average Bonchev–Trinajstić information content (AvgIpc) is 2.76. The molecule has 0 aliphatic carbocycles. The van der Waals surface area contributed by atoms with Crippen molar-refractivity contribution in [1.82, 2.24) is 15.0 Å². The van der Waals surface area contributed by atoms with E-state index >= 15 is 0 Å². The van der Waals surface area contributed by atoms with E-state index in [4.69, 9.17) is 4.42 Å². The van der Waals surface area contributed by atoms with Crippen LogP contribution in [0.4, 0.5) is 0 Å². The fourth-order valence-electron chi connectivity index (χ4n) is 1.54. The molecule has 17 heavy (non-hydrogen) atoms. The van der Waals surface area contributed by atoms with Crippen molar-refractivity contribution >= 4 is 27.0 Å². The molecule has 84 valence electrons. The Hall–Kier alpha value is -1.95. The Morgan fingerprint density at radius 1 is 1.41 bits per heavy atom. The highest BCUT2D eigenvalue weighted by Crippen LogP contribution is 2.21. The van der Waals surface area contributed by atoms with Crippen LogP contribution in [0.1, 0.15) is 0 Å². The molecule has 0 unspecified atom stereocenters. The van der Waals surface area contributed by atoms with E-state index in [0.29, 0.717) is 27.1 Å². The first kappa shape index (κ1) is 10.2. The maximum absolute atomic E-state index is 11.8. The molecule has 6 heteroatoms. The van der Waals surface area contributed by atoms with Gasteiger partial charge in [-0.15, -0.1) is 0 Å². The Balaban J connectivity index is 2.29. The fourth-order valence-corrected chi connectivity index (χ4v) is 1.88. The highest BCUT2D eigenvalue weighted by Gasteiger charge is 2.08. The van der Waals surface area contributed by atoms with Crippen molar-refractivity contribution in [3.63, 3.8) is 0 Å². The number of hydrogen-bond acceptors (Lipinski definition) is 4. The first-order chi connectivity index (χ1) is 8.24. The summed E-state index contributed by atoms with van der Waals surface area (Å²) in [5.41, 5.74) is 0.903. The van der Waals surface area contributed by atoms with E-state index in [1.807, 2.05) is 0 Å². The Morgan fingerprint density at radius 3 is 3.06 bits per heavy atom. The Labute approximate surface area is 104 Å². The van der Waals surface area contributed by atoms with E-state index in [9.17, 15) is 4.79 Å². The topological polar surface area (TPSA) is 71.8 Å². The van der Waals surface area contributed by atoms with Gasteiger partial charge in [-0.2, -0.15) is 0 Å². The van der Waals surface area contributed by atoms with Gasteiger partial charge in [0.15, 0.2) is 10.3 Å². The van der Waals surface area contributed by atoms with Crippen LogP contribution in [0.3, 0.4) is 0 Å². The van der Waals surface area contributed by atoms with Gasteiger partial charge in [0.1, 0.15) is 12.1 Å². The van der Waals surface area contributed by atoms with Crippen LogP contribution in [0.5, 0.6) is 0 Å². The second-order valence-electron chi connectivity index (χ2n) is 3.43. The Kier molecular flexibility index (Phi) is 2.29. The number of pyridine rings is 1. The highest BCUT2D eigenvalue weighted by atomic mass is 79.9. The van der Waals surface area contributed by atoms with Gasteiger partial charge in [-0.05, 0) is 28.1 Å². The molecule has 3 rings (SSSR count). The molecule has 0 saturated heterocycles. The van der Waals surface area contributed by atoms with Gasteiger partial charge < -0.3 is 9.40 Å². The maximum atomic E-state index is 11.8. The SMILES string of the molecule is O=c1[nH]c(-c2coc(Br)c2)nc2ncccc12. The van der Waals surface area contributed by atoms with Gasteiger partial charge in [-0.3, -0.25) is 4.79 Å². The van der Waals surface area contributed by atoms with E-state index < -0.39 is 0 Å². The zero-order chi connectivity index (χ0) is 11.8. The second kappa shape index (κ2) is 3.81. The molecule has 0 fully saturated rings. The minimum atomic E-state index is -0.213. The standard InChI is InChI=1S/C11H6BrN3O2/c12-8-4-6(5-17-8)9-14-10-7(11(16)15-9)2-1-3-13-10/h1-5H,(H,13,14,15,16). The minimum Gasteiger partial charge on any atom is -0.457 e. The summed E-state index contributed by atoms with van der Waals surface area (Å²) in [7, 11) is 0. The number of nitrogens with one attached hydrogen (secondary N) is 1. The Morgan fingerprint density at radius 2 is 2.29 bits per heavy atom. The second-order valence-corrected chi connectivity index (χ2v) is 4.21. The lowest BCUT2D eigenvalue weighted by molar-refractivity contribution is 0.541. The van der Waals surface area contributed by atoms with Crippen LogP contribution in [0.15, 0.2) is 44.5 Å². The number of aromatic nitrogens is 3. The molecule has 5 nitrogen and oxygen atoms in total. The summed E-state index contributed by atoms with van der Waals surface area (Å²) in [4.78, 5) is 22.8. The van der Waals surface area contributed by atoms with Crippen molar-refractivity contribution in [2.24, 2.45) is 0 Å². The molecule has 0 radical (unpaired) electrons. The Bertz CT molecular complexity index is 748. The van der Waals surface area contributed by atoms with E-state index in [-0.39, 0.29) is 5.56 Å². The lowest BCUT2D eigenvalue weighted by Crippen LogP contribution is -2.09. The number of furan rings is 1. The molecule has 0 aromatic carbocycles. The number of halogens is 1. The van der Waals surface area contributed by atoms with Crippen LogP contribution in [0, 0.1) is 0 Å². The van der Waals surface area contributed by atoms with Crippen molar-refractivity contribution < 1.29 is 4.42 Å². The van der Waals surface area contributed by atoms with Gasteiger partial charge in [-0.1, -0.05) is 0 Å². The molecular weight excluding hydrogens is 286 g/mol. The molecular formula is C11H6BrN3O2. The number of aromatic amines is 1. The van der Waals surface area contributed by atoms with Crippen LogP contribution in [0.2, 0.25) is 0 Å². The lowest BCUT2D eigenvalue weighted by Gasteiger charge is -1.98. The number of rotatable bonds is 1. The molecule has 0 aliphatic rings. The third-order valence-electron chi connectivity index (χ3n) is 2.32. The van der Waals surface area contributed by atoms with Crippen LogP contribution in [0.25, 0.3) is 22.4 Å². The van der Waals surface area contributed by atoms with Gasteiger partial charge in [0, 0.05) is 12.3 Å². The van der Waals surface area contributed by atoms with E-state index in [2.05, 4.69) is 30.9 Å². The highest BCUT2D eigenvalue weighted by molar-refractivity contribution is 9.10. The summed E-state index contributed by atoms with van der Waals surface area (Å²) >= 11 is 3.20. The van der Waals surface area contributed by atoms with Crippen molar-refractivity contribution in [2.75, 3.05) is 0 Å². The molecule has 0 bridgehead atoms. The minimum absolute atomic E-state index is 0.213. The zero-order valence-electron chi connectivity index (χ0n) is 8.48. The molecule has 3 aromatic heterocycles. The molecule has 3 heterocycles. The molecule has 0 atom stereocenters. The summed E-state index contributed by atoms with van der Waals surface area (Å²) in [5.74, 6) is 0.440. The van der Waals surface area contributed by atoms with Crippen LogP contribution < -0.4 is 5.56 Å². The van der Waals surface area contributed by atoms with Gasteiger partial charge in [0.05, 0.1) is 10.9 Å². The molecule has 0 spiro atoms. The van der Waals surface area contributed by atoms with Gasteiger partial charge in [0.25, 0.3) is 5.56 Å². The lowest BCUT2D eigenvalue weighted by atomic mass is 10.3. The monoisotopic (exact) mass is 291 g/mol. The van der Waals surface area contributed by atoms with Crippen LogP contribution in [-0.4, -0.2) is 15.0 Å². The number of H-pyrrole nitrogens is 1. The predicted octanol–water partition coefficient (Wildman–Crippen LogP) is 2.34. The number of fused-ring (bicyclic) bond motifs is 1. The normalized spacial score (nSPS) is 10.9. The predicted molar refractivity (Wildman–Crippen MR) is 65.6 cm³/mol. The first-order valence-electron chi connectivity index (χ1n) is 4.83. The quantitative estimate of drug-likeness (QED) is 0.747. The van der Waals surface area contributed by atoms with Crippen molar-refractivity contribution in [1.29, 1.82) is 0 Å². The van der Waals surface area contributed by atoms with Crippen LogP contribution in [-0.2, 0) is 0 Å². The molecule has 0 amide bonds. The molecule has 1 N–H and O–H groups in total. The maximum Gasteiger partial charge on any atom is 0.260 e. The number of hydrogen-bond donors (Lipinski definition) is 1. The van der Waals surface area contributed by atoms with Gasteiger partial charge >= 0.3 is 0 Å². The van der Waals surface area contributed by atoms with Crippen LogP contribution >= 0.6 is 15.9 Å². The van der Waals surface area contributed by atoms with E-state index in [1.165, 1.54) is 6.26 Å². The summed E-state index contributed by atoms with van der Waals surface area (Å²) < 4.78 is 5.68. The van der Waals surface area contributed by atoms with Crippen molar-refractivity contribution in [3.05, 3.63) is 45.7 Å². The number of nitrogens with zero attached hydrogens (tertiary/aromatic N) is 2. The average molecular weight is 292 g/mol. The zero-order valence-corrected chi connectivity index (χ0v) is 10.1. The third kappa shape index (κ3) is 1.76. The molecule has 0 aliphatic heterocycles. The van der Waals surface area contributed by atoms with Gasteiger partial charge in [0.2, 0.25) is 0 Å².